The maximum absolute atomic E-state index is 12.6. The number of carbonyl (C=O) groups is 1. The number of ether oxygens (including phenoxy) is 1. The van der Waals surface area contributed by atoms with Crippen LogP contribution in [-0.4, -0.2) is 36.8 Å². The Hall–Kier alpha value is -1.41. The third kappa shape index (κ3) is 3.74. The summed E-state index contributed by atoms with van der Waals surface area (Å²) in [6.45, 7) is 10.4. The van der Waals surface area contributed by atoms with Gasteiger partial charge in [0.15, 0.2) is 0 Å². The van der Waals surface area contributed by atoms with E-state index in [1.165, 1.54) is 0 Å². The van der Waals surface area contributed by atoms with Crippen LogP contribution in [0.4, 0.5) is 0 Å². The molecule has 0 aliphatic carbocycles. The van der Waals surface area contributed by atoms with Gasteiger partial charge < -0.3 is 4.74 Å². The number of hydrogen-bond acceptors (Lipinski definition) is 5. The number of rotatable bonds is 5. The standard InChI is InChI=1S/C15H25N3O4S/c1-9(2)8-18-12(5)14(11(4)16-18)23(20,21)17-15(19)13-10(3)6-7-22-13/h9-10,13H,6-8H2,1-5H3,(H,17,19)/t10-,13+/m0/s1. The van der Waals surface area contributed by atoms with Crippen LogP contribution in [0.2, 0.25) is 0 Å². The molecule has 1 aliphatic rings. The zero-order valence-corrected chi connectivity index (χ0v) is 15.1. The van der Waals surface area contributed by atoms with Crippen molar-refractivity contribution in [2.75, 3.05) is 6.61 Å². The first-order chi connectivity index (χ1) is 10.6. The summed E-state index contributed by atoms with van der Waals surface area (Å²) in [4.78, 5) is 12.3. The Morgan fingerprint density at radius 3 is 2.61 bits per heavy atom. The smallest absolute Gasteiger partial charge is 0.267 e. The average molecular weight is 343 g/mol. The summed E-state index contributed by atoms with van der Waals surface area (Å²) in [5.41, 5.74) is 0.931. The molecule has 0 saturated carbocycles. The Balaban J connectivity index is 2.26. The lowest BCUT2D eigenvalue weighted by atomic mass is 10.0. The van der Waals surface area contributed by atoms with Crippen molar-refractivity contribution in [2.24, 2.45) is 11.8 Å². The van der Waals surface area contributed by atoms with Crippen LogP contribution in [0.25, 0.3) is 0 Å². The predicted molar refractivity (Wildman–Crippen MR) is 85.4 cm³/mol. The van der Waals surface area contributed by atoms with E-state index >= 15 is 0 Å². The molecule has 1 N–H and O–H groups in total. The van der Waals surface area contributed by atoms with Gasteiger partial charge in [-0.2, -0.15) is 5.10 Å². The Labute approximate surface area is 137 Å². The molecule has 2 atom stereocenters. The Kier molecular flexibility index (Phi) is 5.15. The normalized spacial score (nSPS) is 21.8. The fraction of sp³-hybridized carbons (Fsp3) is 0.733. The monoisotopic (exact) mass is 343 g/mol. The SMILES string of the molecule is Cc1nn(CC(C)C)c(C)c1S(=O)(=O)NC(=O)[C@@H]1OCC[C@@H]1C. The number of nitrogens with one attached hydrogen (secondary N) is 1. The molecule has 0 bridgehead atoms. The Morgan fingerprint density at radius 1 is 1.43 bits per heavy atom. The van der Waals surface area contributed by atoms with Crippen molar-refractivity contribution >= 4 is 15.9 Å². The fourth-order valence-corrected chi connectivity index (χ4v) is 4.27. The molecule has 1 aromatic heterocycles. The molecule has 0 radical (unpaired) electrons. The molecule has 2 heterocycles. The third-order valence-electron chi connectivity index (χ3n) is 4.00. The van der Waals surface area contributed by atoms with Crippen LogP contribution in [0.1, 0.15) is 38.6 Å². The van der Waals surface area contributed by atoms with Crippen molar-refractivity contribution in [3.05, 3.63) is 11.4 Å². The molecule has 0 unspecified atom stereocenters. The van der Waals surface area contributed by atoms with Crippen molar-refractivity contribution in [3.8, 4) is 0 Å². The van der Waals surface area contributed by atoms with Gasteiger partial charge in [0.1, 0.15) is 11.0 Å². The molecule has 1 aromatic rings. The van der Waals surface area contributed by atoms with E-state index < -0.39 is 22.0 Å². The molecule has 130 valence electrons. The highest BCUT2D eigenvalue weighted by Gasteiger charge is 2.35. The molecule has 1 amide bonds. The second-order valence-corrected chi connectivity index (χ2v) is 8.22. The summed E-state index contributed by atoms with van der Waals surface area (Å²) in [7, 11) is -3.96. The Bertz CT molecular complexity index is 694. The number of aryl methyl sites for hydroxylation is 1. The predicted octanol–water partition coefficient (Wildman–Crippen LogP) is 1.39. The quantitative estimate of drug-likeness (QED) is 0.872. The second kappa shape index (κ2) is 6.60. The molecular weight excluding hydrogens is 318 g/mol. The molecule has 7 nitrogen and oxygen atoms in total. The molecule has 1 fully saturated rings. The van der Waals surface area contributed by atoms with Crippen molar-refractivity contribution < 1.29 is 17.9 Å². The number of nitrogens with zero attached hydrogens (tertiary/aromatic N) is 2. The van der Waals surface area contributed by atoms with Gasteiger partial charge in [0, 0.05) is 13.2 Å². The third-order valence-corrected chi connectivity index (χ3v) is 5.60. The number of amides is 1. The van der Waals surface area contributed by atoms with Crippen LogP contribution in [0, 0.1) is 25.7 Å². The minimum absolute atomic E-state index is 0.0102. The van der Waals surface area contributed by atoms with Gasteiger partial charge in [0.05, 0.1) is 11.4 Å². The van der Waals surface area contributed by atoms with Crippen LogP contribution in [0.5, 0.6) is 0 Å². The molecule has 1 aliphatic heterocycles. The summed E-state index contributed by atoms with van der Waals surface area (Å²) in [5.74, 6) is -0.257. The van der Waals surface area contributed by atoms with Crippen LogP contribution < -0.4 is 4.72 Å². The maximum Gasteiger partial charge on any atom is 0.267 e. The van der Waals surface area contributed by atoms with Crippen LogP contribution in [-0.2, 0) is 26.1 Å². The van der Waals surface area contributed by atoms with E-state index in [0.717, 1.165) is 6.42 Å². The van der Waals surface area contributed by atoms with Gasteiger partial charge in [-0.1, -0.05) is 20.8 Å². The van der Waals surface area contributed by atoms with Gasteiger partial charge >= 0.3 is 0 Å². The molecule has 0 aromatic carbocycles. The highest BCUT2D eigenvalue weighted by atomic mass is 32.2. The zero-order valence-electron chi connectivity index (χ0n) is 14.3. The number of aromatic nitrogens is 2. The summed E-state index contributed by atoms with van der Waals surface area (Å²) in [5, 5.41) is 4.29. The minimum Gasteiger partial charge on any atom is -0.368 e. The lowest BCUT2D eigenvalue weighted by Crippen LogP contribution is -2.41. The Morgan fingerprint density at radius 2 is 2.09 bits per heavy atom. The van der Waals surface area contributed by atoms with Crippen molar-refractivity contribution in [3.63, 3.8) is 0 Å². The van der Waals surface area contributed by atoms with Gasteiger partial charge in [-0.25, -0.2) is 13.1 Å². The first-order valence-corrected chi connectivity index (χ1v) is 9.34. The molecule has 0 spiro atoms. The van der Waals surface area contributed by atoms with E-state index in [9.17, 15) is 13.2 Å². The summed E-state index contributed by atoms with van der Waals surface area (Å²) < 4.78 is 34.4. The lowest BCUT2D eigenvalue weighted by molar-refractivity contribution is -0.129. The maximum atomic E-state index is 12.6. The summed E-state index contributed by atoms with van der Waals surface area (Å²) in [6.07, 6.45) is 0.0405. The number of carbonyl (C=O) groups excluding carboxylic acids is 1. The largest absolute Gasteiger partial charge is 0.368 e. The van der Waals surface area contributed by atoms with E-state index in [1.807, 2.05) is 20.8 Å². The second-order valence-electron chi connectivity index (χ2n) is 6.60. The molecule has 8 heteroatoms. The number of hydrogen-bond donors (Lipinski definition) is 1. The van der Waals surface area contributed by atoms with Crippen LogP contribution in [0.15, 0.2) is 4.90 Å². The van der Waals surface area contributed by atoms with Crippen LogP contribution in [0.3, 0.4) is 0 Å². The van der Waals surface area contributed by atoms with Crippen molar-refractivity contribution in [1.29, 1.82) is 0 Å². The van der Waals surface area contributed by atoms with Crippen LogP contribution >= 0.6 is 0 Å². The molecule has 1 saturated heterocycles. The van der Waals surface area contributed by atoms with E-state index in [0.29, 0.717) is 30.5 Å². The van der Waals surface area contributed by atoms with Crippen molar-refractivity contribution in [2.45, 2.75) is 58.6 Å². The molecule has 23 heavy (non-hydrogen) atoms. The average Bonchev–Trinajstić information content (AvgIpc) is 2.93. The number of sulfonamides is 1. The summed E-state index contributed by atoms with van der Waals surface area (Å²) in [6, 6.07) is 0. The van der Waals surface area contributed by atoms with E-state index in [1.54, 1.807) is 18.5 Å². The first-order valence-electron chi connectivity index (χ1n) is 7.85. The minimum atomic E-state index is -3.96. The summed E-state index contributed by atoms with van der Waals surface area (Å²) >= 11 is 0. The zero-order chi connectivity index (χ0) is 17.4. The van der Waals surface area contributed by atoms with Gasteiger partial charge in [0.2, 0.25) is 0 Å². The van der Waals surface area contributed by atoms with E-state index in [2.05, 4.69) is 9.82 Å². The molecule has 2 rings (SSSR count). The molecular formula is C15H25N3O4S. The van der Waals surface area contributed by atoms with Gasteiger partial charge in [-0.15, -0.1) is 0 Å². The highest BCUT2D eigenvalue weighted by molar-refractivity contribution is 7.90. The van der Waals surface area contributed by atoms with Gasteiger partial charge in [-0.3, -0.25) is 9.48 Å². The topological polar surface area (TPSA) is 90.3 Å². The highest BCUT2D eigenvalue weighted by Crippen LogP contribution is 2.23. The van der Waals surface area contributed by atoms with Gasteiger partial charge in [0.25, 0.3) is 15.9 Å². The van der Waals surface area contributed by atoms with E-state index in [4.69, 9.17) is 4.74 Å². The fourth-order valence-electron chi connectivity index (χ4n) is 2.87. The van der Waals surface area contributed by atoms with Gasteiger partial charge in [-0.05, 0) is 32.1 Å². The van der Waals surface area contributed by atoms with E-state index in [-0.39, 0.29) is 10.8 Å². The lowest BCUT2D eigenvalue weighted by Gasteiger charge is -2.15. The first kappa shape index (κ1) is 17.9. The van der Waals surface area contributed by atoms with Crippen molar-refractivity contribution in [1.82, 2.24) is 14.5 Å².